The number of carbonyl (C=O) groups is 1. The second-order valence-electron chi connectivity index (χ2n) is 6.97. The van der Waals surface area contributed by atoms with Crippen molar-refractivity contribution in [3.63, 3.8) is 0 Å². The first kappa shape index (κ1) is 17.2. The molecule has 3 heterocycles. The Balaban J connectivity index is 1.77. The number of nitrogens with zero attached hydrogens (tertiary/aromatic N) is 2. The second-order valence-corrected chi connectivity index (χ2v) is 6.97. The average molecular weight is 332 g/mol. The van der Waals surface area contributed by atoms with Crippen LogP contribution in [0.4, 0.5) is 0 Å². The minimum absolute atomic E-state index is 0.0126. The van der Waals surface area contributed by atoms with Crippen LogP contribution in [0.5, 0.6) is 0 Å². The van der Waals surface area contributed by atoms with Crippen LogP contribution in [0.1, 0.15) is 25.5 Å². The zero-order chi connectivity index (χ0) is 17.0. The Labute approximate surface area is 144 Å². The first-order valence-electron chi connectivity index (χ1n) is 8.93. The monoisotopic (exact) mass is 332 g/mol. The molecule has 132 valence electrons. The SMILES string of the molecule is C=CCN1C[C@@H]2CN(Cc3ccco3)CCC[C@]2(C(=O)OCC)C1. The van der Waals surface area contributed by atoms with E-state index in [4.69, 9.17) is 9.15 Å². The van der Waals surface area contributed by atoms with Crippen LogP contribution in [-0.4, -0.2) is 55.1 Å². The highest BCUT2D eigenvalue weighted by Crippen LogP contribution is 2.43. The Morgan fingerprint density at radius 2 is 2.33 bits per heavy atom. The molecule has 24 heavy (non-hydrogen) atoms. The Morgan fingerprint density at radius 1 is 1.50 bits per heavy atom. The number of esters is 1. The van der Waals surface area contributed by atoms with Crippen molar-refractivity contribution in [1.82, 2.24) is 9.80 Å². The summed E-state index contributed by atoms with van der Waals surface area (Å²) in [4.78, 5) is 17.6. The highest BCUT2D eigenvalue weighted by molar-refractivity contribution is 5.78. The molecule has 1 aromatic rings. The van der Waals surface area contributed by atoms with E-state index in [1.807, 2.05) is 25.1 Å². The molecule has 2 saturated heterocycles. The van der Waals surface area contributed by atoms with E-state index in [0.717, 1.165) is 57.9 Å². The Hall–Kier alpha value is -1.59. The van der Waals surface area contributed by atoms with E-state index in [-0.39, 0.29) is 11.4 Å². The number of likely N-dealkylation sites (tertiary alicyclic amines) is 2. The standard InChI is InChI=1S/C19H28N2O3/c1-3-9-21-13-16-12-20(14-17-7-5-11-24-17)10-6-8-19(16,15-21)18(22)23-4-2/h3,5,7,11,16H,1,4,6,8-10,12-15H2,2H3/t16-,19-/m0/s1. The lowest BCUT2D eigenvalue weighted by atomic mass is 9.75. The molecular weight excluding hydrogens is 304 g/mol. The maximum atomic E-state index is 12.8. The largest absolute Gasteiger partial charge is 0.468 e. The molecule has 0 aromatic carbocycles. The number of hydrogen-bond acceptors (Lipinski definition) is 5. The van der Waals surface area contributed by atoms with Crippen LogP contribution in [0.3, 0.4) is 0 Å². The van der Waals surface area contributed by atoms with Crippen molar-refractivity contribution in [2.45, 2.75) is 26.3 Å². The third kappa shape index (κ3) is 3.42. The van der Waals surface area contributed by atoms with Crippen LogP contribution in [0, 0.1) is 11.3 Å². The van der Waals surface area contributed by atoms with E-state index >= 15 is 0 Å². The Morgan fingerprint density at radius 3 is 3.04 bits per heavy atom. The summed E-state index contributed by atoms with van der Waals surface area (Å²) in [6, 6.07) is 3.94. The van der Waals surface area contributed by atoms with Crippen LogP contribution >= 0.6 is 0 Å². The lowest BCUT2D eigenvalue weighted by Gasteiger charge is -2.31. The first-order valence-corrected chi connectivity index (χ1v) is 8.93. The van der Waals surface area contributed by atoms with E-state index in [9.17, 15) is 4.79 Å². The van der Waals surface area contributed by atoms with Gasteiger partial charge in [0.05, 0.1) is 24.8 Å². The van der Waals surface area contributed by atoms with Gasteiger partial charge < -0.3 is 9.15 Å². The summed E-state index contributed by atoms with van der Waals surface area (Å²) >= 11 is 0. The van der Waals surface area contributed by atoms with Crippen molar-refractivity contribution in [2.75, 3.05) is 39.3 Å². The molecule has 2 fully saturated rings. The highest BCUT2D eigenvalue weighted by atomic mass is 16.5. The van der Waals surface area contributed by atoms with E-state index in [1.165, 1.54) is 0 Å². The van der Waals surface area contributed by atoms with E-state index < -0.39 is 0 Å². The van der Waals surface area contributed by atoms with Gasteiger partial charge in [-0.25, -0.2) is 0 Å². The minimum Gasteiger partial charge on any atom is -0.468 e. The van der Waals surface area contributed by atoms with E-state index in [1.54, 1.807) is 6.26 Å². The van der Waals surface area contributed by atoms with Gasteiger partial charge in [0.15, 0.2) is 0 Å². The zero-order valence-corrected chi connectivity index (χ0v) is 14.6. The van der Waals surface area contributed by atoms with E-state index in [0.29, 0.717) is 12.5 Å². The number of ether oxygens (including phenoxy) is 1. The predicted molar refractivity (Wildman–Crippen MR) is 92.4 cm³/mol. The summed E-state index contributed by atoms with van der Waals surface area (Å²) in [7, 11) is 0. The van der Waals surface area contributed by atoms with Crippen molar-refractivity contribution >= 4 is 5.97 Å². The van der Waals surface area contributed by atoms with Gasteiger partial charge in [-0.1, -0.05) is 6.08 Å². The van der Waals surface area contributed by atoms with Gasteiger partial charge in [-0.15, -0.1) is 6.58 Å². The van der Waals surface area contributed by atoms with Crippen molar-refractivity contribution in [3.8, 4) is 0 Å². The molecule has 0 aliphatic carbocycles. The highest BCUT2D eigenvalue weighted by Gasteiger charge is 2.53. The molecule has 5 nitrogen and oxygen atoms in total. The summed E-state index contributed by atoms with van der Waals surface area (Å²) in [6.45, 7) is 11.5. The fourth-order valence-electron chi connectivity index (χ4n) is 4.31. The number of rotatable bonds is 6. The molecule has 3 rings (SSSR count). The molecule has 0 radical (unpaired) electrons. The first-order chi connectivity index (χ1) is 11.7. The van der Waals surface area contributed by atoms with Gasteiger partial charge in [0.1, 0.15) is 5.76 Å². The van der Waals surface area contributed by atoms with Gasteiger partial charge in [0, 0.05) is 32.1 Å². The van der Waals surface area contributed by atoms with Gasteiger partial charge in [-0.3, -0.25) is 14.6 Å². The molecule has 2 atom stereocenters. The maximum Gasteiger partial charge on any atom is 0.313 e. The molecule has 5 heteroatoms. The summed E-state index contributed by atoms with van der Waals surface area (Å²) in [5, 5.41) is 0. The van der Waals surface area contributed by atoms with Crippen molar-refractivity contribution in [2.24, 2.45) is 11.3 Å². The fraction of sp³-hybridized carbons (Fsp3) is 0.632. The van der Waals surface area contributed by atoms with Crippen molar-refractivity contribution < 1.29 is 13.9 Å². The number of carbonyl (C=O) groups excluding carboxylic acids is 1. The fourth-order valence-corrected chi connectivity index (χ4v) is 4.31. The summed E-state index contributed by atoms with van der Waals surface area (Å²) in [5.74, 6) is 1.27. The van der Waals surface area contributed by atoms with Crippen LogP contribution in [0.2, 0.25) is 0 Å². The quantitative estimate of drug-likeness (QED) is 0.592. The lowest BCUT2D eigenvalue weighted by molar-refractivity contribution is -0.157. The molecule has 0 spiro atoms. The summed E-state index contributed by atoms with van der Waals surface area (Å²) in [5.41, 5.74) is -0.364. The molecule has 0 unspecified atom stereocenters. The molecule has 0 amide bonds. The smallest absolute Gasteiger partial charge is 0.313 e. The number of furan rings is 1. The van der Waals surface area contributed by atoms with Crippen LogP contribution < -0.4 is 0 Å². The van der Waals surface area contributed by atoms with Crippen LogP contribution in [0.25, 0.3) is 0 Å². The predicted octanol–water partition coefficient (Wildman–Crippen LogP) is 2.54. The maximum absolute atomic E-state index is 12.8. The van der Waals surface area contributed by atoms with Crippen molar-refractivity contribution in [1.29, 1.82) is 0 Å². The minimum atomic E-state index is -0.364. The molecule has 2 aliphatic rings. The Kier molecular flexibility index (Phi) is 5.41. The molecule has 2 aliphatic heterocycles. The molecule has 1 aromatic heterocycles. The second kappa shape index (κ2) is 7.53. The third-order valence-electron chi connectivity index (χ3n) is 5.37. The molecule has 0 N–H and O–H groups in total. The lowest BCUT2D eigenvalue weighted by Crippen LogP contribution is -2.42. The van der Waals surface area contributed by atoms with Gasteiger partial charge in [-0.2, -0.15) is 0 Å². The van der Waals surface area contributed by atoms with Gasteiger partial charge in [0.25, 0.3) is 0 Å². The Bertz CT molecular complexity index is 557. The van der Waals surface area contributed by atoms with E-state index in [2.05, 4.69) is 16.4 Å². The molecule has 0 saturated carbocycles. The number of fused-ring (bicyclic) bond motifs is 1. The topological polar surface area (TPSA) is 45.9 Å². The zero-order valence-electron chi connectivity index (χ0n) is 14.6. The number of hydrogen-bond donors (Lipinski definition) is 0. The van der Waals surface area contributed by atoms with Gasteiger partial charge in [0.2, 0.25) is 0 Å². The third-order valence-corrected chi connectivity index (χ3v) is 5.37. The van der Waals surface area contributed by atoms with Crippen molar-refractivity contribution in [3.05, 3.63) is 36.8 Å². The summed E-state index contributed by atoms with van der Waals surface area (Å²) in [6.07, 6.45) is 5.55. The molecule has 0 bridgehead atoms. The average Bonchev–Trinajstić information content (AvgIpc) is 3.13. The van der Waals surface area contributed by atoms with Gasteiger partial charge >= 0.3 is 5.97 Å². The van der Waals surface area contributed by atoms with Gasteiger partial charge in [-0.05, 0) is 38.4 Å². The van der Waals surface area contributed by atoms with Crippen LogP contribution in [-0.2, 0) is 16.1 Å². The normalized spacial score (nSPS) is 28.3. The molecular formula is C19H28N2O3. The summed E-state index contributed by atoms with van der Waals surface area (Å²) < 4.78 is 11.0. The van der Waals surface area contributed by atoms with Crippen LogP contribution in [0.15, 0.2) is 35.5 Å².